The van der Waals surface area contributed by atoms with Gasteiger partial charge in [0.15, 0.2) is 0 Å². The highest BCUT2D eigenvalue weighted by molar-refractivity contribution is 8.01. The zero-order valence-electron chi connectivity index (χ0n) is 21.2. The van der Waals surface area contributed by atoms with Gasteiger partial charge >= 0.3 is 19.1 Å². The van der Waals surface area contributed by atoms with E-state index in [1.165, 1.54) is 18.6 Å². The molecular weight excluding hydrogens is 495 g/mol. The van der Waals surface area contributed by atoms with Crippen LogP contribution in [0, 0.1) is 5.92 Å². The van der Waals surface area contributed by atoms with Gasteiger partial charge < -0.3 is 19.9 Å². The summed E-state index contributed by atoms with van der Waals surface area (Å²) in [7, 11) is -1.30. The zero-order valence-corrected chi connectivity index (χ0v) is 22.1. The summed E-state index contributed by atoms with van der Waals surface area (Å²) in [5.41, 5.74) is 0.890. The Bertz CT molecular complexity index is 1070. The van der Waals surface area contributed by atoms with Gasteiger partial charge in [-0.15, -0.1) is 11.8 Å². The number of hydrogen-bond acceptors (Lipinski definition) is 9. The molecule has 1 fully saturated rings. The van der Waals surface area contributed by atoms with Crippen molar-refractivity contribution in [2.75, 3.05) is 0 Å². The predicted molar refractivity (Wildman–Crippen MR) is 139 cm³/mol. The van der Waals surface area contributed by atoms with Crippen molar-refractivity contribution in [2.24, 2.45) is 5.92 Å². The van der Waals surface area contributed by atoms with E-state index in [0.717, 1.165) is 17.3 Å². The summed E-state index contributed by atoms with van der Waals surface area (Å²) in [6, 6.07) is 8.24. The van der Waals surface area contributed by atoms with Gasteiger partial charge in [-0.05, 0) is 31.7 Å². The molecule has 0 radical (unpaired) electrons. The molecule has 0 spiro atoms. The first-order valence-electron chi connectivity index (χ1n) is 12.1. The minimum atomic E-state index is -1.30. The van der Waals surface area contributed by atoms with Crippen molar-refractivity contribution in [1.29, 1.82) is 0 Å². The van der Waals surface area contributed by atoms with Gasteiger partial charge in [-0.2, -0.15) is 0 Å². The van der Waals surface area contributed by atoms with Crippen LogP contribution in [0.3, 0.4) is 0 Å². The van der Waals surface area contributed by atoms with Crippen LogP contribution in [0.5, 0.6) is 0 Å². The van der Waals surface area contributed by atoms with Crippen LogP contribution in [0.15, 0.2) is 48.9 Å². The minimum Gasteiger partial charge on any atom is -0.497 e. The molecule has 4 atom stereocenters. The summed E-state index contributed by atoms with van der Waals surface area (Å²) in [6.45, 7) is 7.19. The van der Waals surface area contributed by atoms with Crippen LogP contribution in [-0.4, -0.2) is 63.3 Å². The second kappa shape index (κ2) is 13.2. The first kappa shape index (κ1) is 28.2. The van der Waals surface area contributed by atoms with Crippen molar-refractivity contribution in [3.63, 3.8) is 0 Å². The quantitative estimate of drug-likeness (QED) is 0.470. The van der Waals surface area contributed by atoms with Crippen LogP contribution >= 0.6 is 11.8 Å². The normalized spacial score (nSPS) is 19.6. The first-order valence-corrected chi connectivity index (χ1v) is 13.1. The molecule has 1 aromatic heterocycles. The second-order valence-electron chi connectivity index (χ2n) is 9.21. The molecule has 12 heteroatoms. The molecule has 1 aliphatic heterocycles. The Hall–Kier alpha value is -3.41. The van der Waals surface area contributed by atoms with Crippen molar-refractivity contribution < 1.29 is 28.5 Å². The molecule has 3 rings (SSSR count). The molecule has 196 valence electrons. The summed E-state index contributed by atoms with van der Waals surface area (Å²) >= 11 is 1.15. The van der Waals surface area contributed by atoms with Gasteiger partial charge in [-0.1, -0.05) is 44.2 Å². The van der Waals surface area contributed by atoms with E-state index in [0.29, 0.717) is 6.42 Å². The molecular formula is C25H31BN4O6S. The Morgan fingerprint density at radius 1 is 1.03 bits per heavy atom. The van der Waals surface area contributed by atoms with E-state index in [1.54, 1.807) is 13.8 Å². The third-order valence-corrected chi connectivity index (χ3v) is 6.82. The molecule has 0 saturated carbocycles. The number of hydrogen-bond donors (Lipinski definition) is 2. The van der Waals surface area contributed by atoms with Gasteiger partial charge in [-0.25, -0.2) is 4.98 Å². The van der Waals surface area contributed by atoms with Gasteiger partial charge in [0.1, 0.15) is 11.7 Å². The van der Waals surface area contributed by atoms with Gasteiger partial charge in [0.05, 0.1) is 22.6 Å². The number of nitrogens with zero attached hydrogens (tertiary/aromatic N) is 2. The average molecular weight is 526 g/mol. The van der Waals surface area contributed by atoms with Crippen molar-refractivity contribution in [3.05, 3.63) is 60.2 Å². The second-order valence-corrected chi connectivity index (χ2v) is 10.9. The SMILES string of the molecule is CC(C)C[C@H](NC(=O)C(Cc1ccccc1)NC(=O)c1cnccn1)B1OC(=O)[C@H](C)S[C@H](C)C(=O)O1. The largest absolute Gasteiger partial charge is 0.622 e. The van der Waals surface area contributed by atoms with Gasteiger partial charge in [0.25, 0.3) is 5.91 Å². The van der Waals surface area contributed by atoms with Crippen molar-refractivity contribution >= 4 is 42.6 Å². The fourth-order valence-electron chi connectivity index (χ4n) is 3.76. The Labute approximate surface area is 220 Å². The average Bonchev–Trinajstić information content (AvgIpc) is 2.87. The zero-order chi connectivity index (χ0) is 26.9. The molecule has 2 heterocycles. The number of thioether (sulfide) groups is 1. The van der Waals surface area contributed by atoms with Crippen LogP contribution in [0.25, 0.3) is 0 Å². The van der Waals surface area contributed by atoms with Crippen LogP contribution in [0.4, 0.5) is 0 Å². The number of benzene rings is 1. The molecule has 1 aromatic carbocycles. The van der Waals surface area contributed by atoms with Crippen LogP contribution in [0.2, 0.25) is 0 Å². The lowest BCUT2D eigenvalue weighted by atomic mass is 9.73. The molecule has 10 nitrogen and oxygen atoms in total. The lowest BCUT2D eigenvalue weighted by molar-refractivity contribution is -0.141. The van der Waals surface area contributed by atoms with Crippen LogP contribution in [0.1, 0.15) is 50.2 Å². The standard InChI is InChI=1S/C25H31BN4O6S/c1-15(2)12-21(26-35-24(33)16(3)37-17(4)25(34)36-26)30-22(31)19(13-18-8-6-5-7-9-18)29-23(32)20-14-27-10-11-28-20/h5-11,14-17,19,21H,12-13H2,1-4H3,(H,29,32)(H,30,31)/t16-,17+,19?,21-/m0/s1. The molecule has 0 bridgehead atoms. The fraction of sp³-hybridized carbons (Fsp3) is 0.440. The number of carbonyl (C=O) groups is 4. The maximum atomic E-state index is 13.5. The third-order valence-electron chi connectivity index (χ3n) is 5.62. The Kier molecular flexibility index (Phi) is 10.1. The highest BCUT2D eigenvalue weighted by Gasteiger charge is 2.44. The summed E-state index contributed by atoms with van der Waals surface area (Å²) in [6.07, 6.45) is 4.70. The summed E-state index contributed by atoms with van der Waals surface area (Å²) in [4.78, 5) is 59.4. The lowest BCUT2D eigenvalue weighted by Gasteiger charge is -2.30. The maximum absolute atomic E-state index is 13.5. The highest BCUT2D eigenvalue weighted by atomic mass is 32.2. The highest BCUT2D eigenvalue weighted by Crippen LogP contribution is 2.24. The van der Waals surface area contributed by atoms with Crippen molar-refractivity contribution in [2.45, 2.75) is 63.0 Å². The Balaban J connectivity index is 1.84. The predicted octanol–water partition coefficient (Wildman–Crippen LogP) is 1.99. The van der Waals surface area contributed by atoms with E-state index in [9.17, 15) is 19.2 Å². The topological polar surface area (TPSA) is 137 Å². The molecule has 1 unspecified atom stereocenters. The van der Waals surface area contributed by atoms with Crippen LogP contribution in [-0.2, 0) is 30.1 Å². The number of rotatable bonds is 9. The molecule has 37 heavy (non-hydrogen) atoms. The molecule has 0 aliphatic carbocycles. The van der Waals surface area contributed by atoms with Gasteiger partial charge in [0, 0.05) is 18.8 Å². The smallest absolute Gasteiger partial charge is 0.497 e. The molecule has 2 N–H and O–H groups in total. The third kappa shape index (κ3) is 8.31. The number of nitrogens with one attached hydrogen (secondary N) is 2. The summed E-state index contributed by atoms with van der Waals surface area (Å²) in [5, 5.41) is 4.45. The molecule has 2 aromatic rings. The van der Waals surface area contributed by atoms with E-state index < -0.39 is 53.4 Å². The van der Waals surface area contributed by atoms with Crippen molar-refractivity contribution in [1.82, 2.24) is 20.6 Å². The number of carbonyl (C=O) groups excluding carboxylic acids is 4. The Morgan fingerprint density at radius 3 is 2.24 bits per heavy atom. The van der Waals surface area contributed by atoms with Gasteiger partial charge in [-0.3, -0.25) is 24.2 Å². The van der Waals surface area contributed by atoms with E-state index in [4.69, 9.17) is 9.31 Å². The first-order chi connectivity index (χ1) is 17.6. The summed E-state index contributed by atoms with van der Waals surface area (Å²) < 4.78 is 11.0. The fourth-order valence-corrected chi connectivity index (χ4v) is 4.71. The van der Waals surface area contributed by atoms with E-state index in [2.05, 4.69) is 20.6 Å². The van der Waals surface area contributed by atoms with E-state index >= 15 is 0 Å². The van der Waals surface area contributed by atoms with E-state index in [-0.39, 0.29) is 18.0 Å². The molecule has 1 aliphatic rings. The summed E-state index contributed by atoms with van der Waals surface area (Å²) in [5.74, 6) is -2.90. The maximum Gasteiger partial charge on any atom is 0.622 e. The minimum absolute atomic E-state index is 0.0652. The Morgan fingerprint density at radius 2 is 1.68 bits per heavy atom. The van der Waals surface area contributed by atoms with Gasteiger partial charge in [0.2, 0.25) is 5.91 Å². The van der Waals surface area contributed by atoms with Crippen molar-refractivity contribution in [3.8, 4) is 0 Å². The monoisotopic (exact) mass is 526 g/mol. The van der Waals surface area contributed by atoms with Crippen LogP contribution < -0.4 is 10.6 Å². The number of amides is 2. The number of aromatic nitrogens is 2. The molecule has 1 saturated heterocycles. The van der Waals surface area contributed by atoms with E-state index in [1.807, 2.05) is 44.2 Å². The molecule has 2 amide bonds. The lowest BCUT2D eigenvalue weighted by Crippen LogP contribution is -2.58.